The molecule has 1 unspecified atom stereocenters. The summed E-state index contributed by atoms with van der Waals surface area (Å²) in [6.07, 6.45) is 11.4. The van der Waals surface area contributed by atoms with Crippen molar-refractivity contribution in [3.63, 3.8) is 0 Å². The molecule has 0 spiro atoms. The lowest BCUT2D eigenvalue weighted by atomic mass is 9.92. The Morgan fingerprint density at radius 2 is 2.05 bits per heavy atom. The maximum Gasteiger partial charge on any atom is 0.137 e. The van der Waals surface area contributed by atoms with E-state index in [1.807, 2.05) is 12.4 Å². The Morgan fingerprint density at radius 3 is 2.75 bits per heavy atom. The van der Waals surface area contributed by atoms with Crippen molar-refractivity contribution in [3.05, 3.63) is 24.0 Å². The van der Waals surface area contributed by atoms with Crippen LogP contribution in [0.5, 0.6) is 5.75 Å². The van der Waals surface area contributed by atoms with E-state index < -0.39 is 0 Å². The van der Waals surface area contributed by atoms with E-state index in [-0.39, 0.29) is 0 Å². The Labute approximate surface area is 123 Å². The Kier molecular flexibility index (Phi) is 6.31. The maximum absolute atomic E-state index is 5.72. The van der Waals surface area contributed by atoms with Gasteiger partial charge in [-0.3, -0.25) is 4.98 Å². The third-order valence-electron chi connectivity index (χ3n) is 4.05. The third-order valence-corrected chi connectivity index (χ3v) is 4.05. The van der Waals surface area contributed by atoms with Gasteiger partial charge in [-0.05, 0) is 49.8 Å². The second-order valence-electron chi connectivity index (χ2n) is 5.78. The standard InChI is InChI=1S/C17H28N2O/c1-3-9-19-17(14-7-5-6-8-14)15-11-16(13-18-12-15)20-10-4-2/h11-14,17,19H,3-10H2,1-2H3. The molecule has 3 nitrogen and oxygen atoms in total. The smallest absolute Gasteiger partial charge is 0.137 e. The van der Waals surface area contributed by atoms with Crippen LogP contribution in [0.25, 0.3) is 0 Å². The van der Waals surface area contributed by atoms with Gasteiger partial charge in [0, 0.05) is 12.2 Å². The van der Waals surface area contributed by atoms with Gasteiger partial charge in [-0.25, -0.2) is 0 Å². The molecule has 112 valence electrons. The van der Waals surface area contributed by atoms with Crippen molar-refractivity contribution in [2.24, 2.45) is 5.92 Å². The second kappa shape index (κ2) is 8.25. The van der Waals surface area contributed by atoms with Crippen LogP contribution in [-0.4, -0.2) is 18.1 Å². The summed E-state index contributed by atoms with van der Waals surface area (Å²) < 4.78 is 5.72. The average Bonchev–Trinajstić information content (AvgIpc) is 3.00. The molecular weight excluding hydrogens is 248 g/mol. The van der Waals surface area contributed by atoms with E-state index in [4.69, 9.17) is 4.74 Å². The minimum atomic E-state index is 0.440. The van der Waals surface area contributed by atoms with E-state index >= 15 is 0 Å². The van der Waals surface area contributed by atoms with Gasteiger partial charge in [0.2, 0.25) is 0 Å². The number of hydrogen-bond acceptors (Lipinski definition) is 3. The largest absolute Gasteiger partial charge is 0.492 e. The molecule has 1 atom stereocenters. The minimum absolute atomic E-state index is 0.440. The molecule has 1 aliphatic carbocycles. The summed E-state index contributed by atoms with van der Waals surface area (Å²) >= 11 is 0. The zero-order valence-corrected chi connectivity index (χ0v) is 12.9. The fourth-order valence-corrected chi connectivity index (χ4v) is 3.05. The van der Waals surface area contributed by atoms with Crippen LogP contribution in [-0.2, 0) is 0 Å². The molecular formula is C17H28N2O. The van der Waals surface area contributed by atoms with Crippen molar-refractivity contribution >= 4 is 0 Å². The van der Waals surface area contributed by atoms with Gasteiger partial charge in [0.05, 0.1) is 12.8 Å². The van der Waals surface area contributed by atoms with E-state index in [0.717, 1.165) is 31.2 Å². The number of nitrogens with zero attached hydrogens (tertiary/aromatic N) is 1. The number of rotatable bonds is 8. The van der Waals surface area contributed by atoms with Gasteiger partial charge in [-0.15, -0.1) is 0 Å². The first-order valence-corrected chi connectivity index (χ1v) is 8.16. The van der Waals surface area contributed by atoms with Crippen LogP contribution in [0.15, 0.2) is 18.5 Å². The molecule has 1 saturated carbocycles. The van der Waals surface area contributed by atoms with E-state index in [9.17, 15) is 0 Å². The highest BCUT2D eigenvalue weighted by atomic mass is 16.5. The predicted molar refractivity (Wildman–Crippen MR) is 83.0 cm³/mol. The number of nitrogens with one attached hydrogen (secondary N) is 1. The maximum atomic E-state index is 5.72. The summed E-state index contributed by atoms with van der Waals surface area (Å²) in [6, 6.07) is 2.61. The quantitative estimate of drug-likeness (QED) is 0.776. The van der Waals surface area contributed by atoms with Gasteiger partial charge >= 0.3 is 0 Å². The van der Waals surface area contributed by atoms with Crippen LogP contribution >= 0.6 is 0 Å². The Bertz CT molecular complexity index is 388. The van der Waals surface area contributed by atoms with Gasteiger partial charge in [-0.1, -0.05) is 26.7 Å². The van der Waals surface area contributed by atoms with Crippen LogP contribution in [0, 0.1) is 5.92 Å². The molecule has 20 heavy (non-hydrogen) atoms. The van der Waals surface area contributed by atoms with Crippen molar-refractivity contribution in [1.82, 2.24) is 10.3 Å². The molecule has 0 aromatic carbocycles. The molecule has 1 heterocycles. The van der Waals surface area contributed by atoms with Gasteiger partial charge in [0.1, 0.15) is 5.75 Å². The van der Waals surface area contributed by atoms with Crippen molar-refractivity contribution in [3.8, 4) is 5.75 Å². The summed E-state index contributed by atoms with van der Waals surface area (Å²) in [5, 5.41) is 3.72. The van der Waals surface area contributed by atoms with Crippen LogP contribution in [0.1, 0.15) is 64.0 Å². The summed E-state index contributed by atoms with van der Waals surface area (Å²) in [7, 11) is 0. The lowest BCUT2D eigenvalue weighted by Gasteiger charge is -2.25. The van der Waals surface area contributed by atoms with Gasteiger partial charge in [0.25, 0.3) is 0 Å². The van der Waals surface area contributed by atoms with Crippen LogP contribution in [0.4, 0.5) is 0 Å². The fraction of sp³-hybridized carbons (Fsp3) is 0.706. The Balaban J connectivity index is 2.09. The normalized spacial score (nSPS) is 17.3. The molecule has 1 N–H and O–H groups in total. The first kappa shape index (κ1) is 15.3. The summed E-state index contributed by atoms with van der Waals surface area (Å²) in [5.74, 6) is 1.66. The lowest BCUT2D eigenvalue weighted by molar-refractivity contribution is 0.313. The van der Waals surface area contributed by atoms with Crippen molar-refractivity contribution < 1.29 is 4.74 Å². The monoisotopic (exact) mass is 276 g/mol. The number of hydrogen-bond donors (Lipinski definition) is 1. The molecule has 0 saturated heterocycles. The SMILES string of the molecule is CCCNC(c1cncc(OCCC)c1)C1CCCC1. The summed E-state index contributed by atoms with van der Waals surface area (Å²) in [5.41, 5.74) is 1.29. The van der Waals surface area contributed by atoms with Crippen molar-refractivity contribution in [2.75, 3.05) is 13.2 Å². The van der Waals surface area contributed by atoms with Crippen LogP contribution in [0.2, 0.25) is 0 Å². The van der Waals surface area contributed by atoms with E-state index in [2.05, 4.69) is 30.2 Å². The zero-order chi connectivity index (χ0) is 14.2. The molecule has 3 heteroatoms. The Hall–Kier alpha value is -1.09. The molecule has 0 radical (unpaired) electrons. The number of pyridine rings is 1. The molecule has 1 aliphatic rings. The van der Waals surface area contributed by atoms with Crippen molar-refractivity contribution in [1.29, 1.82) is 0 Å². The fourth-order valence-electron chi connectivity index (χ4n) is 3.05. The highest BCUT2D eigenvalue weighted by molar-refractivity contribution is 5.26. The topological polar surface area (TPSA) is 34.2 Å². The highest BCUT2D eigenvalue weighted by Gasteiger charge is 2.26. The third kappa shape index (κ3) is 4.20. The highest BCUT2D eigenvalue weighted by Crippen LogP contribution is 2.36. The van der Waals surface area contributed by atoms with E-state index in [1.165, 1.54) is 37.7 Å². The molecule has 1 fully saturated rings. The molecule has 0 bridgehead atoms. The van der Waals surface area contributed by atoms with E-state index in [0.29, 0.717) is 6.04 Å². The molecule has 1 aromatic rings. The Morgan fingerprint density at radius 1 is 1.25 bits per heavy atom. The van der Waals surface area contributed by atoms with Gasteiger partial charge in [0.15, 0.2) is 0 Å². The van der Waals surface area contributed by atoms with E-state index in [1.54, 1.807) is 0 Å². The second-order valence-corrected chi connectivity index (χ2v) is 5.78. The first-order valence-electron chi connectivity index (χ1n) is 8.16. The molecule has 0 aliphatic heterocycles. The minimum Gasteiger partial charge on any atom is -0.492 e. The summed E-state index contributed by atoms with van der Waals surface area (Å²) in [6.45, 7) is 6.18. The zero-order valence-electron chi connectivity index (χ0n) is 12.9. The number of aromatic nitrogens is 1. The molecule has 1 aromatic heterocycles. The van der Waals surface area contributed by atoms with Crippen LogP contribution in [0.3, 0.4) is 0 Å². The molecule has 2 rings (SSSR count). The lowest BCUT2D eigenvalue weighted by Crippen LogP contribution is -2.28. The van der Waals surface area contributed by atoms with Crippen molar-refractivity contribution in [2.45, 2.75) is 58.4 Å². The first-order chi connectivity index (χ1) is 9.85. The predicted octanol–water partition coefficient (Wildman–Crippen LogP) is 4.10. The van der Waals surface area contributed by atoms with Crippen LogP contribution < -0.4 is 10.1 Å². The number of ether oxygens (including phenoxy) is 1. The van der Waals surface area contributed by atoms with Gasteiger partial charge in [-0.2, -0.15) is 0 Å². The summed E-state index contributed by atoms with van der Waals surface area (Å²) in [4.78, 5) is 4.37. The molecule has 0 amide bonds. The van der Waals surface area contributed by atoms with Gasteiger partial charge < -0.3 is 10.1 Å². The average molecular weight is 276 g/mol.